The van der Waals surface area contributed by atoms with Crippen molar-refractivity contribution < 1.29 is 18.3 Å². The maximum atomic E-state index is 13.7. The average Bonchev–Trinajstić information content (AvgIpc) is 2.29. The van der Waals surface area contributed by atoms with Gasteiger partial charge in [-0.25, -0.2) is 4.39 Å². The van der Waals surface area contributed by atoms with Crippen molar-refractivity contribution in [2.45, 2.75) is 0 Å². The summed E-state index contributed by atoms with van der Waals surface area (Å²) in [5.41, 5.74) is -0.0268. The molecule has 0 bridgehead atoms. The summed E-state index contributed by atoms with van der Waals surface area (Å²) in [6.45, 7) is 0. The molecular formula is C12H13F2NO2. The van der Waals surface area contributed by atoms with E-state index in [1.54, 1.807) is 19.0 Å². The third kappa shape index (κ3) is 2.81. The molecule has 1 aromatic carbocycles. The first-order chi connectivity index (χ1) is 8.01. The molecule has 0 unspecified atom stereocenters. The number of hydrogen-bond donors (Lipinski definition) is 0. The molecule has 0 aliphatic heterocycles. The highest BCUT2D eigenvalue weighted by Crippen LogP contribution is 2.26. The van der Waals surface area contributed by atoms with Crippen molar-refractivity contribution in [1.29, 1.82) is 0 Å². The number of hydrogen-bond acceptors (Lipinski definition) is 3. The maximum absolute atomic E-state index is 13.7. The Hall–Kier alpha value is -1.91. The van der Waals surface area contributed by atoms with Crippen LogP contribution < -0.4 is 4.74 Å². The van der Waals surface area contributed by atoms with Crippen LogP contribution in [0.15, 0.2) is 18.3 Å². The van der Waals surface area contributed by atoms with Crippen LogP contribution in [0.25, 0.3) is 5.57 Å². The number of carbonyl (C=O) groups is 1. The molecular weight excluding hydrogens is 228 g/mol. The number of benzene rings is 1. The third-order valence-corrected chi connectivity index (χ3v) is 2.10. The van der Waals surface area contributed by atoms with Gasteiger partial charge in [-0.1, -0.05) is 0 Å². The van der Waals surface area contributed by atoms with E-state index < -0.39 is 11.6 Å². The van der Waals surface area contributed by atoms with Gasteiger partial charge >= 0.3 is 0 Å². The van der Waals surface area contributed by atoms with E-state index in [2.05, 4.69) is 4.74 Å². The van der Waals surface area contributed by atoms with Gasteiger partial charge < -0.3 is 9.64 Å². The zero-order valence-electron chi connectivity index (χ0n) is 9.83. The molecule has 0 spiro atoms. The van der Waals surface area contributed by atoms with Gasteiger partial charge in [0, 0.05) is 31.4 Å². The number of ether oxygens (including phenoxy) is 1. The Labute approximate surface area is 98.3 Å². The Morgan fingerprint density at radius 2 is 1.94 bits per heavy atom. The van der Waals surface area contributed by atoms with E-state index in [4.69, 9.17) is 0 Å². The minimum Gasteiger partial charge on any atom is -0.494 e. The van der Waals surface area contributed by atoms with Crippen LogP contribution in [-0.4, -0.2) is 32.4 Å². The molecule has 3 nitrogen and oxygen atoms in total. The molecule has 0 N–H and O–H groups in total. The van der Waals surface area contributed by atoms with E-state index in [9.17, 15) is 13.6 Å². The molecule has 0 fully saturated rings. The van der Waals surface area contributed by atoms with Gasteiger partial charge in [-0.15, -0.1) is 0 Å². The molecule has 92 valence electrons. The van der Waals surface area contributed by atoms with Crippen LogP contribution in [0.4, 0.5) is 8.78 Å². The van der Waals surface area contributed by atoms with Crippen molar-refractivity contribution in [3.63, 3.8) is 0 Å². The average molecular weight is 241 g/mol. The fraction of sp³-hybridized carbons (Fsp3) is 0.250. The summed E-state index contributed by atoms with van der Waals surface area (Å²) < 4.78 is 31.7. The molecule has 1 aromatic rings. The van der Waals surface area contributed by atoms with E-state index in [1.807, 2.05) is 0 Å². The highest BCUT2D eigenvalue weighted by Gasteiger charge is 2.16. The summed E-state index contributed by atoms with van der Waals surface area (Å²) in [5, 5.41) is 0. The van der Waals surface area contributed by atoms with E-state index in [0.29, 0.717) is 6.29 Å². The lowest BCUT2D eigenvalue weighted by Gasteiger charge is -2.10. The van der Waals surface area contributed by atoms with Crippen LogP contribution in [0.5, 0.6) is 5.75 Å². The monoisotopic (exact) mass is 241 g/mol. The van der Waals surface area contributed by atoms with Gasteiger partial charge in [0.05, 0.1) is 7.11 Å². The highest BCUT2D eigenvalue weighted by atomic mass is 19.2. The highest BCUT2D eigenvalue weighted by molar-refractivity contribution is 6.06. The van der Waals surface area contributed by atoms with E-state index in [1.165, 1.54) is 25.4 Å². The Balaban J connectivity index is 3.32. The van der Waals surface area contributed by atoms with Gasteiger partial charge in [-0.3, -0.25) is 4.79 Å². The van der Waals surface area contributed by atoms with E-state index in [-0.39, 0.29) is 16.9 Å². The predicted molar refractivity (Wildman–Crippen MR) is 60.6 cm³/mol. The largest absolute Gasteiger partial charge is 0.494 e. The predicted octanol–water partition coefficient (Wildman–Crippen LogP) is 2.07. The molecule has 0 aliphatic rings. The first-order valence-corrected chi connectivity index (χ1v) is 4.87. The molecule has 1 rings (SSSR count). The van der Waals surface area contributed by atoms with Crippen LogP contribution >= 0.6 is 0 Å². The molecule has 5 heteroatoms. The fourth-order valence-electron chi connectivity index (χ4n) is 1.35. The third-order valence-electron chi connectivity index (χ3n) is 2.10. The molecule has 17 heavy (non-hydrogen) atoms. The number of allylic oxidation sites excluding steroid dienone is 1. The quantitative estimate of drug-likeness (QED) is 0.597. The molecule has 0 amide bonds. The smallest absolute Gasteiger partial charge is 0.201 e. The van der Waals surface area contributed by atoms with Gasteiger partial charge in [0.15, 0.2) is 17.9 Å². The second kappa shape index (κ2) is 5.43. The van der Waals surface area contributed by atoms with Crippen LogP contribution in [0.3, 0.4) is 0 Å². The Morgan fingerprint density at radius 3 is 2.41 bits per heavy atom. The Kier molecular flexibility index (Phi) is 4.20. The van der Waals surface area contributed by atoms with Gasteiger partial charge in [0.1, 0.15) is 0 Å². The first-order valence-electron chi connectivity index (χ1n) is 4.87. The summed E-state index contributed by atoms with van der Waals surface area (Å²) in [6.07, 6.45) is 1.89. The van der Waals surface area contributed by atoms with Gasteiger partial charge in [-0.05, 0) is 12.1 Å². The normalized spacial score (nSPS) is 11.2. The minimum atomic E-state index is -1.10. The number of halogens is 2. The molecule has 0 saturated heterocycles. The topological polar surface area (TPSA) is 29.5 Å². The fourth-order valence-corrected chi connectivity index (χ4v) is 1.35. The van der Waals surface area contributed by atoms with E-state index >= 15 is 0 Å². The summed E-state index contributed by atoms with van der Waals surface area (Å²) >= 11 is 0. The number of nitrogens with zero attached hydrogens (tertiary/aromatic N) is 1. The second-order valence-corrected chi connectivity index (χ2v) is 3.61. The zero-order chi connectivity index (χ0) is 13.0. The first kappa shape index (κ1) is 13.2. The van der Waals surface area contributed by atoms with Crippen molar-refractivity contribution >= 4 is 11.9 Å². The van der Waals surface area contributed by atoms with Crippen molar-refractivity contribution in [3.05, 3.63) is 35.5 Å². The van der Waals surface area contributed by atoms with Gasteiger partial charge in [0.2, 0.25) is 5.82 Å². The van der Waals surface area contributed by atoms with Crippen LogP contribution in [0, 0.1) is 11.6 Å². The Bertz CT molecular complexity index is 456. The molecule has 0 atom stereocenters. The summed E-state index contributed by atoms with van der Waals surface area (Å²) in [5.74, 6) is -2.39. The van der Waals surface area contributed by atoms with Crippen LogP contribution in [0.1, 0.15) is 5.56 Å². The lowest BCUT2D eigenvalue weighted by atomic mass is 10.1. The molecule has 0 aromatic heterocycles. The standard InChI is InChI=1S/C12H13F2NO2/c1-15(2)6-8(7-16)9-4-5-10(17-3)12(14)11(9)13/h4-7H,1-3H3. The van der Waals surface area contributed by atoms with E-state index in [0.717, 1.165) is 0 Å². The molecule has 0 saturated carbocycles. The molecule has 0 heterocycles. The number of carbonyl (C=O) groups excluding carboxylic acids is 1. The van der Waals surface area contributed by atoms with Crippen LogP contribution in [-0.2, 0) is 4.79 Å². The summed E-state index contributed by atoms with van der Waals surface area (Å²) in [7, 11) is 4.61. The van der Waals surface area contributed by atoms with Gasteiger partial charge in [-0.2, -0.15) is 4.39 Å². The number of aldehydes is 1. The van der Waals surface area contributed by atoms with Crippen molar-refractivity contribution in [2.75, 3.05) is 21.2 Å². The SMILES string of the molecule is COc1ccc(C(C=O)=CN(C)C)c(F)c1F. The Morgan fingerprint density at radius 1 is 1.29 bits per heavy atom. The summed E-state index contributed by atoms with van der Waals surface area (Å²) in [6, 6.07) is 2.59. The lowest BCUT2D eigenvalue weighted by molar-refractivity contribution is -0.103. The maximum Gasteiger partial charge on any atom is 0.201 e. The summed E-state index contributed by atoms with van der Waals surface area (Å²) in [4.78, 5) is 12.4. The number of methoxy groups -OCH3 is 1. The van der Waals surface area contributed by atoms with Crippen molar-refractivity contribution in [1.82, 2.24) is 4.90 Å². The van der Waals surface area contributed by atoms with Crippen LogP contribution in [0.2, 0.25) is 0 Å². The minimum absolute atomic E-state index is 0.0639. The number of rotatable bonds is 4. The molecule has 0 aliphatic carbocycles. The second-order valence-electron chi connectivity index (χ2n) is 3.61. The van der Waals surface area contributed by atoms with Crippen molar-refractivity contribution in [2.24, 2.45) is 0 Å². The van der Waals surface area contributed by atoms with Gasteiger partial charge in [0.25, 0.3) is 0 Å². The zero-order valence-corrected chi connectivity index (χ0v) is 9.83. The van der Waals surface area contributed by atoms with Crippen molar-refractivity contribution in [3.8, 4) is 5.75 Å². The lowest BCUT2D eigenvalue weighted by Crippen LogP contribution is -2.05. The molecule has 0 radical (unpaired) electrons.